The molecule has 0 radical (unpaired) electrons. The van der Waals surface area contributed by atoms with Crippen molar-refractivity contribution < 1.29 is 33.0 Å². The minimum Gasteiger partial charge on any atom is -0.478 e. The Morgan fingerprint density at radius 3 is 2.52 bits per heavy atom. The van der Waals surface area contributed by atoms with Crippen LogP contribution in [-0.2, 0) is 17.9 Å². The lowest BCUT2D eigenvalue weighted by Crippen LogP contribution is -2.33. The van der Waals surface area contributed by atoms with E-state index in [0.717, 1.165) is 16.7 Å². The van der Waals surface area contributed by atoms with E-state index in [1.807, 2.05) is 30.3 Å². The van der Waals surface area contributed by atoms with Gasteiger partial charge in [0.05, 0.1) is 12.5 Å². The summed E-state index contributed by atoms with van der Waals surface area (Å²) in [6.07, 6.45) is 0.288. The van der Waals surface area contributed by atoms with Crippen LogP contribution in [0.25, 0.3) is 11.1 Å². The number of tetrazole rings is 1. The molecule has 15 heteroatoms. The van der Waals surface area contributed by atoms with Gasteiger partial charge < -0.3 is 30.5 Å². The van der Waals surface area contributed by atoms with Crippen molar-refractivity contribution in [1.29, 1.82) is 0 Å². The summed E-state index contributed by atoms with van der Waals surface area (Å²) in [5, 5.41) is 25.8. The number of aromatic carboxylic acids is 1. The van der Waals surface area contributed by atoms with E-state index in [4.69, 9.17) is 15.2 Å². The number of carboxylic acids is 1. The summed E-state index contributed by atoms with van der Waals surface area (Å²) >= 11 is 0. The third-order valence-electron chi connectivity index (χ3n) is 7.80. The quantitative estimate of drug-likeness (QED) is 0.154. The number of amides is 1. The molecule has 2 aromatic heterocycles. The minimum atomic E-state index is -1.31. The maximum absolute atomic E-state index is 16.3. The number of ether oxygens (including phenoxy) is 2. The van der Waals surface area contributed by atoms with E-state index in [1.54, 1.807) is 31.2 Å². The molecule has 13 nitrogen and oxygen atoms in total. The van der Waals surface area contributed by atoms with Crippen molar-refractivity contribution in [3.63, 3.8) is 0 Å². The Hall–Kier alpha value is -5.96. The summed E-state index contributed by atoms with van der Waals surface area (Å²) < 4.78 is 44.2. The monoisotopic (exact) mass is 656 g/mol. The molecule has 246 valence electrons. The molecule has 1 aliphatic rings. The van der Waals surface area contributed by atoms with E-state index in [1.165, 1.54) is 17.0 Å². The molecule has 5 aromatic rings. The molecule has 0 spiro atoms. The van der Waals surface area contributed by atoms with Gasteiger partial charge in [0, 0.05) is 19.6 Å². The average Bonchev–Trinajstić information content (AvgIpc) is 3.79. The van der Waals surface area contributed by atoms with Crippen LogP contribution in [0, 0.1) is 24.5 Å². The van der Waals surface area contributed by atoms with Crippen LogP contribution in [0.15, 0.2) is 66.7 Å². The van der Waals surface area contributed by atoms with Crippen molar-refractivity contribution in [3.05, 3.63) is 101 Å². The van der Waals surface area contributed by atoms with Crippen molar-refractivity contribution in [3.8, 4) is 34.4 Å². The van der Waals surface area contributed by atoms with E-state index in [2.05, 4.69) is 30.9 Å². The van der Waals surface area contributed by atoms with E-state index in [-0.39, 0.29) is 54.8 Å². The van der Waals surface area contributed by atoms with Gasteiger partial charge in [-0.1, -0.05) is 41.6 Å². The van der Waals surface area contributed by atoms with Crippen LogP contribution in [0.2, 0.25) is 0 Å². The number of aryl methyl sites for hydroxylation is 1. The molecule has 3 heterocycles. The first-order chi connectivity index (χ1) is 23.2. The van der Waals surface area contributed by atoms with Crippen LogP contribution < -0.4 is 25.4 Å². The fourth-order valence-corrected chi connectivity index (χ4v) is 5.37. The van der Waals surface area contributed by atoms with Crippen molar-refractivity contribution >= 4 is 17.6 Å². The molecule has 0 aliphatic carbocycles. The predicted molar refractivity (Wildman–Crippen MR) is 169 cm³/mol. The molecule has 1 unspecified atom stereocenters. The number of benzene rings is 3. The van der Waals surface area contributed by atoms with Crippen LogP contribution in [0.3, 0.4) is 0 Å². The molecule has 0 bridgehead atoms. The lowest BCUT2D eigenvalue weighted by atomic mass is 10.0. The number of aromatic nitrogens is 5. The Balaban J connectivity index is 1.35. The number of carbonyl (C=O) groups is 2. The number of H-pyrrole nitrogens is 1. The zero-order valence-electron chi connectivity index (χ0n) is 25.6. The molecule has 1 aliphatic heterocycles. The Morgan fingerprint density at radius 2 is 1.79 bits per heavy atom. The number of rotatable bonds is 11. The Bertz CT molecular complexity index is 1970. The summed E-state index contributed by atoms with van der Waals surface area (Å²) in [6, 6.07) is 18.7. The summed E-state index contributed by atoms with van der Waals surface area (Å²) in [5.74, 6) is -5.61. The second-order valence-electron chi connectivity index (χ2n) is 11.1. The molecular weight excluding hydrogens is 626 g/mol. The number of hydrogen-bond donors (Lipinski definition) is 4. The van der Waals surface area contributed by atoms with Gasteiger partial charge in [0.2, 0.25) is 17.5 Å². The van der Waals surface area contributed by atoms with E-state index < -0.39 is 41.0 Å². The number of nitrogens with one attached hydrogen (secondary N) is 2. The summed E-state index contributed by atoms with van der Waals surface area (Å²) in [5.41, 5.74) is 8.18. The number of pyridine rings is 1. The first-order valence-electron chi connectivity index (χ1n) is 14.9. The van der Waals surface area contributed by atoms with Crippen molar-refractivity contribution in [1.82, 2.24) is 30.9 Å². The molecular formula is C33H30F2N8O5. The summed E-state index contributed by atoms with van der Waals surface area (Å²) in [4.78, 5) is 30.2. The van der Waals surface area contributed by atoms with Gasteiger partial charge in [-0.25, -0.2) is 4.79 Å². The first kappa shape index (κ1) is 32.0. The van der Waals surface area contributed by atoms with Crippen molar-refractivity contribution in [2.24, 2.45) is 11.7 Å². The topological polar surface area (TPSA) is 181 Å². The summed E-state index contributed by atoms with van der Waals surface area (Å²) in [7, 11) is 0. The minimum absolute atomic E-state index is 0.0256. The fraction of sp³-hybridized carbons (Fsp3) is 0.212. The molecule has 5 N–H and O–H groups in total. The molecule has 1 amide bonds. The smallest absolute Gasteiger partial charge is 0.339 e. The van der Waals surface area contributed by atoms with Gasteiger partial charge in [-0.15, -0.1) is 10.2 Å². The van der Waals surface area contributed by atoms with Crippen LogP contribution >= 0.6 is 0 Å². The number of carboxylic acid groups (broad SMARTS) is 1. The van der Waals surface area contributed by atoms with Gasteiger partial charge in [0.15, 0.2) is 5.82 Å². The highest BCUT2D eigenvalue weighted by molar-refractivity contribution is 5.91. The predicted octanol–water partition coefficient (Wildman–Crippen LogP) is 4.73. The Kier molecular flexibility index (Phi) is 9.20. The number of nitrogens with zero attached hydrogens (tertiary/aromatic N) is 5. The number of aromatic amines is 1. The first-order valence-corrected chi connectivity index (χ1v) is 14.9. The Labute approximate surface area is 272 Å². The average molecular weight is 657 g/mol. The number of nitrogens with two attached hydrogens (primary N) is 1. The molecule has 48 heavy (non-hydrogen) atoms. The van der Waals surface area contributed by atoms with Crippen LogP contribution in [0.5, 0.6) is 23.3 Å². The number of carbonyl (C=O) groups excluding carboxylic acids is 1. The van der Waals surface area contributed by atoms with Crippen LogP contribution in [0.4, 0.5) is 14.5 Å². The third kappa shape index (κ3) is 6.90. The fourth-order valence-electron chi connectivity index (χ4n) is 5.37. The largest absolute Gasteiger partial charge is 0.478 e. The molecule has 0 saturated carbocycles. The molecule has 1 saturated heterocycles. The van der Waals surface area contributed by atoms with Gasteiger partial charge in [-0.3, -0.25) is 4.79 Å². The maximum atomic E-state index is 16.3. The highest BCUT2D eigenvalue weighted by Crippen LogP contribution is 2.41. The lowest BCUT2D eigenvalue weighted by Gasteiger charge is -2.22. The Morgan fingerprint density at radius 1 is 1.04 bits per heavy atom. The van der Waals surface area contributed by atoms with Crippen molar-refractivity contribution in [2.75, 3.05) is 18.0 Å². The number of halogens is 2. The molecule has 1 fully saturated rings. The SMILES string of the molecule is Cc1ccc(C(=O)O)c(Oc2nc(Oc3cccc(-c4cccc(CN)c4)c3)c(F)c(N3CCC(C(=O)NCc4nn[nH]n4)C3)c2F)c1. The van der Waals surface area contributed by atoms with Crippen LogP contribution in [-0.4, -0.2) is 55.7 Å². The van der Waals surface area contributed by atoms with Gasteiger partial charge in [-0.2, -0.15) is 19.0 Å². The van der Waals surface area contributed by atoms with E-state index >= 15 is 8.78 Å². The standard InChI is InChI=1S/C33H30F2N8O5/c1-18-8-9-24(33(45)46)25(12-18)48-32-28(35)29(43-11-10-22(17-43)30(44)37-16-26-39-41-42-40-26)27(34)31(38-32)47-23-7-3-6-21(14-23)20-5-2-4-19(13-20)15-36/h2-9,12-14,22H,10-11,15-17,36H2,1H3,(H,37,44)(H,45,46)(H,39,40,41,42). The molecule has 3 aromatic carbocycles. The van der Waals surface area contributed by atoms with Crippen molar-refractivity contribution in [2.45, 2.75) is 26.4 Å². The highest BCUT2D eigenvalue weighted by atomic mass is 19.1. The van der Waals surface area contributed by atoms with E-state index in [9.17, 15) is 14.7 Å². The third-order valence-corrected chi connectivity index (χ3v) is 7.80. The van der Waals surface area contributed by atoms with Crippen LogP contribution in [0.1, 0.15) is 33.7 Å². The zero-order valence-corrected chi connectivity index (χ0v) is 25.6. The number of anilines is 1. The van der Waals surface area contributed by atoms with E-state index in [0.29, 0.717) is 12.1 Å². The second kappa shape index (κ2) is 13.8. The second-order valence-corrected chi connectivity index (χ2v) is 11.1. The maximum Gasteiger partial charge on any atom is 0.339 e. The zero-order chi connectivity index (χ0) is 33.8. The van der Waals surface area contributed by atoms with Gasteiger partial charge >= 0.3 is 5.97 Å². The van der Waals surface area contributed by atoms with Gasteiger partial charge in [-0.05, 0) is 65.9 Å². The summed E-state index contributed by atoms with van der Waals surface area (Å²) in [6.45, 7) is 2.17. The molecule has 1 atom stereocenters. The highest BCUT2D eigenvalue weighted by Gasteiger charge is 2.35. The number of hydrogen-bond acceptors (Lipinski definition) is 10. The molecule has 6 rings (SSSR count). The van der Waals surface area contributed by atoms with Gasteiger partial charge in [0.1, 0.15) is 22.7 Å². The van der Waals surface area contributed by atoms with Gasteiger partial charge in [0.25, 0.3) is 11.8 Å². The normalized spacial score (nSPS) is 14.2. The lowest BCUT2D eigenvalue weighted by molar-refractivity contribution is -0.124.